The summed E-state index contributed by atoms with van der Waals surface area (Å²) in [6.07, 6.45) is 2.85. The molecule has 2 atom stereocenters. The molecule has 3 rings (SSSR count). The number of carbonyl (C=O) groups is 1. The van der Waals surface area contributed by atoms with Crippen molar-refractivity contribution in [1.29, 1.82) is 0 Å². The Morgan fingerprint density at radius 2 is 2.28 bits per heavy atom. The third-order valence-corrected chi connectivity index (χ3v) is 4.91. The number of piperidine rings is 1. The van der Waals surface area contributed by atoms with Crippen LogP contribution in [-0.2, 0) is 11.3 Å². The molecule has 2 saturated heterocycles. The summed E-state index contributed by atoms with van der Waals surface area (Å²) < 4.78 is 11.5. The van der Waals surface area contributed by atoms with Gasteiger partial charge in [0.25, 0.3) is 0 Å². The second-order valence-corrected chi connectivity index (χ2v) is 6.56. The minimum atomic E-state index is -0.0315. The first-order valence-corrected chi connectivity index (χ1v) is 8.85. The van der Waals surface area contributed by atoms with E-state index in [1.54, 1.807) is 6.08 Å². The largest absolute Gasteiger partial charge is 0.489 e. The van der Waals surface area contributed by atoms with E-state index in [4.69, 9.17) is 9.47 Å². The van der Waals surface area contributed by atoms with Gasteiger partial charge in [-0.25, -0.2) is 4.79 Å². The van der Waals surface area contributed by atoms with Crippen LogP contribution in [0, 0.1) is 0 Å². The Morgan fingerprint density at radius 1 is 1.44 bits per heavy atom. The molecule has 2 amide bonds. The van der Waals surface area contributed by atoms with Gasteiger partial charge in [0, 0.05) is 31.7 Å². The number of nitrogens with zero attached hydrogens (tertiary/aromatic N) is 2. The molecule has 136 valence electrons. The van der Waals surface area contributed by atoms with Gasteiger partial charge in [-0.1, -0.05) is 30.9 Å². The van der Waals surface area contributed by atoms with Crippen molar-refractivity contribution in [2.24, 2.45) is 0 Å². The van der Waals surface area contributed by atoms with Crippen LogP contribution in [0.25, 0.3) is 0 Å². The van der Waals surface area contributed by atoms with Crippen molar-refractivity contribution in [3.63, 3.8) is 0 Å². The zero-order valence-corrected chi connectivity index (χ0v) is 14.8. The Morgan fingerprint density at radius 3 is 3.12 bits per heavy atom. The van der Waals surface area contributed by atoms with Gasteiger partial charge in [-0.3, -0.25) is 4.90 Å². The molecule has 2 heterocycles. The summed E-state index contributed by atoms with van der Waals surface area (Å²) >= 11 is 0. The standard InChI is InChI=1S/C19H27N3O3/c1-3-11-24-17-7-5-4-6-15(17)13-20-19(23)22-9-8-18-16(14-22)21(2)10-12-25-18/h3-7,16,18H,1,8-14H2,2H3,(H,20,23). The minimum absolute atomic E-state index is 0.0315. The molecule has 6 nitrogen and oxygen atoms in total. The van der Waals surface area contributed by atoms with Crippen molar-refractivity contribution in [3.8, 4) is 5.75 Å². The van der Waals surface area contributed by atoms with Crippen LogP contribution in [0.3, 0.4) is 0 Å². The molecule has 6 heteroatoms. The normalized spacial score (nSPS) is 23.6. The Bertz CT molecular complexity index is 607. The summed E-state index contributed by atoms with van der Waals surface area (Å²) in [5.74, 6) is 0.779. The van der Waals surface area contributed by atoms with E-state index in [1.165, 1.54) is 0 Å². The van der Waals surface area contributed by atoms with Crippen molar-refractivity contribution >= 4 is 6.03 Å². The highest BCUT2D eigenvalue weighted by Crippen LogP contribution is 2.22. The molecule has 0 aromatic heterocycles. The van der Waals surface area contributed by atoms with E-state index in [9.17, 15) is 4.79 Å². The van der Waals surface area contributed by atoms with E-state index >= 15 is 0 Å². The fourth-order valence-electron chi connectivity index (χ4n) is 3.45. The highest BCUT2D eigenvalue weighted by Gasteiger charge is 2.36. The molecule has 0 radical (unpaired) electrons. The van der Waals surface area contributed by atoms with Gasteiger partial charge < -0.3 is 19.7 Å². The molecule has 0 spiro atoms. The van der Waals surface area contributed by atoms with Crippen molar-refractivity contribution in [1.82, 2.24) is 15.1 Å². The van der Waals surface area contributed by atoms with E-state index in [0.717, 1.165) is 37.4 Å². The molecule has 2 aliphatic rings. The van der Waals surface area contributed by atoms with E-state index in [-0.39, 0.29) is 18.2 Å². The molecule has 2 unspecified atom stereocenters. The lowest BCUT2D eigenvalue weighted by Gasteiger charge is -2.45. The molecule has 1 aromatic carbocycles. The highest BCUT2D eigenvalue weighted by atomic mass is 16.5. The molecular weight excluding hydrogens is 318 g/mol. The molecule has 2 fully saturated rings. The highest BCUT2D eigenvalue weighted by molar-refractivity contribution is 5.74. The van der Waals surface area contributed by atoms with E-state index in [0.29, 0.717) is 19.7 Å². The number of likely N-dealkylation sites (tertiary alicyclic amines) is 1. The van der Waals surface area contributed by atoms with Gasteiger partial charge in [-0.2, -0.15) is 0 Å². The first-order chi connectivity index (χ1) is 12.2. The number of benzene rings is 1. The third-order valence-electron chi connectivity index (χ3n) is 4.91. The molecule has 2 aliphatic heterocycles. The Balaban J connectivity index is 1.55. The average Bonchev–Trinajstić information content (AvgIpc) is 2.65. The van der Waals surface area contributed by atoms with Crippen LogP contribution >= 0.6 is 0 Å². The molecular formula is C19H27N3O3. The van der Waals surface area contributed by atoms with E-state index < -0.39 is 0 Å². The number of carbonyl (C=O) groups excluding carboxylic acids is 1. The van der Waals surface area contributed by atoms with Gasteiger partial charge in [0.1, 0.15) is 12.4 Å². The number of morpholine rings is 1. The molecule has 1 N–H and O–H groups in total. The second kappa shape index (κ2) is 8.36. The molecule has 1 aromatic rings. The van der Waals surface area contributed by atoms with Crippen molar-refractivity contribution < 1.29 is 14.3 Å². The molecule has 25 heavy (non-hydrogen) atoms. The van der Waals surface area contributed by atoms with Crippen LogP contribution in [0.4, 0.5) is 4.79 Å². The zero-order valence-electron chi connectivity index (χ0n) is 14.8. The van der Waals surface area contributed by atoms with Gasteiger partial charge in [0.05, 0.1) is 18.8 Å². The van der Waals surface area contributed by atoms with Crippen molar-refractivity contribution in [2.45, 2.75) is 25.1 Å². The molecule has 0 saturated carbocycles. The fourth-order valence-corrected chi connectivity index (χ4v) is 3.45. The second-order valence-electron chi connectivity index (χ2n) is 6.56. The fraction of sp³-hybridized carbons (Fsp3) is 0.526. The Kier molecular flexibility index (Phi) is 5.94. The Hall–Kier alpha value is -2.05. The van der Waals surface area contributed by atoms with Crippen LogP contribution in [0.15, 0.2) is 36.9 Å². The van der Waals surface area contributed by atoms with Gasteiger partial charge in [-0.05, 0) is 19.5 Å². The lowest BCUT2D eigenvalue weighted by atomic mass is 9.99. The summed E-state index contributed by atoms with van der Waals surface area (Å²) in [5.41, 5.74) is 0.964. The van der Waals surface area contributed by atoms with Crippen LogP contribution < -0.4 is 10.1 Å². The van der Waals surface area contributed by atoms with Crippen LogP contribution in [0.1, 0.15) is 12.0 Å². The number of ether oxygens (including phenoxy) is 2. The van der Waals surface area contributed by atoms with Crippen LogP contribution in [0.2, 0.25) is 0 Å². The number of hydrogen-bond donors (Lipinski definition) is 1. The first-order valence-electron chi connectivity index (χ1n) is 8.85. The maximum atomic E-state index is 12.6. The number of para-hydroxylation sites is 1. The number of urea groups is 1. The summed E-state index contributed by atoms with van der Waals surface area (Å²) in [5, 5.41) is 3.02. The Labute approximate surface area is 149 Å². The summed E-state index contributed by atoms with van der Waals surface area (Å²) in [6.45, 7) is 7.71. The maximum absolute atomic E-state index is 12.6. The average molecular weight is 345 g/mol. The topological polar surface area (TPSA) is 54.0 Å². The van der Waals surface area contributed by atoms with Gasteiger partial charge in [0.2, 0.25) is 0 Å². The number of hydrogen-bond acceptors (Lipinski definition) is 4. The molecule has 0 aliphatic carbocycles. The molecule has 0 bridgehead atoms. The number of fused-ring (bicyclic) bond motifs is 1. The number of amides is 2. The summed E-state index contributed by atoms with van der Waals surface area (Å²) in [7, 11) is 2.11. The van der Waals surface area contributed by atoms with Gasteiger partial charge in [0.15, 0.2) is 0 Å². The number of likely N-dealkylation sites (N-methyl/N-ethyl adjacent to an activating group) is 1. The SMILES string of the molecule is C=CCOc1ccccc1CNC(=O)N1CCC2OCCN(C)C2C1. The monoisotopic (exact) mass is 345 g/mol. The van der Waals surface area contributed by atoms with Crippen LogP contribution in [0.5, 0.6) is 5.75 Å². The predicted octanol–water partition coefficient (Wildman–Crippen LogP) is 1.87. The predicted molar refractivity (Wildman–Crippen MR) is 96.7 cm³/mol. The lowest BCUT2D eigenvalue weighted by molar-refractivity contribution is -0.0881. The van der Waals surface area contributed by atoms with Crippen molar-refractivity contribution in [3.05, 3.63) is 42.5 Å². The quantitative estimate of drug-likeness (QED) is 0.828. The van der Waals surface area contributed by atoms with Crippen LogP contribution in [-0.4, -0.2) is 67.9 Å². The minimum Gasteiger partial charge on any atom is -0.489 e. The van der Waals surface area contributed by atoms with Gasteiger partial charge >= 0.3 is 6.03 Å². The van der Waals surface area contributed by atoms with E-state index in [2.05, 4.69) is 23.8 Å². The summed E-state index contributed by atoms with van der Waals surface area (Å²) in [4.78, 5) is 16.8. The first kappa shape index (κ1) is 17.8. The zero-order chi connectivity index (χ0) is 17.6. The van der Waals surface area contributed by atoms with Gasteiger partial charge in [-0.15, -0.1) is 0 Å². The third kappa shape index (κ3) is 4.32. The number of rotatable bonds is 5. The van der Waals surface area contributed by atoms with Crippen molar-refractivity contribution in [2.75, 3.05) is 39.9 Å². The number of nitrogens with one attached hydrogen (secondary N) is 1. The summed E-state index contributed by atoms with van der Waals surface area (Å²) in [6, 6.07) is 8.00. The van der Waals surface area contributed by atoms with E-state index in [1.807, 2.05) is 29.2 Å². The smallest absolute Gasteiger partial charge is 0.317 e. The maximum Gasteiger partial charge on any atom is 0.317 e. The lowest BCUT2D eigenvalue weighted by Crippen LogP contribution is -2.60.